The second kappa shape index (κ2) is 5.37. The zero-order chi connectivity index (χ0) is 15.0. The van der Waals surface area contributed by atoms with Crippen LogP contribution in [-0.4, -0.2) is 22.1 Å². The number of aromatic nitrogens is 2. The van der Waals surface area contributed by atoms with Crippen LogP contribution >= 0.6 is 11.8 Å². The number of aromatic amines is 1. The molecule has 0 saturated carbocycles. The highest BCUT2D eigenvalue weighted by atomic mass is 32.2. The molecule has 2 aromatic rings. The summed E-state index contributed by atoms with van der Waals surface area (Å²) in [4.78, 5) is 32.2. The highest BCUT2D eigenvalue weighted by molar-refractivity contribution is 7.98. The molecule has 1 aromatic heterocycles. The molecular weight excluding hydrogens is 286 g/mol. The Bertz CT molecular complexity index is 753. The van der Waals surface area contributed by atoms with E-state index in [1.807, 2.05) is 30.5 Å². The minimum absolute atomic E-state index is 0.112. The number of benzene rings is 1. The fourth-order valence-electron chi connectivity index (χ4n) is 2.60. The van der Waals surface area contributed by atoms with Crippen molar-refractivity contribution in [2.45, 2.75) is 24.2 Å². The van der Waals surface area contributed by atoms with Crippen molar-refractivity contribution < 1.29 is 4.79 Å². The summed E-state index contributed by atoms with van der Waals surface area (Å²) >= 11 is 1.66. The Morgan fingerprint density at radius 1 is 1.24 bits per heavy atom. The number of amides is 1. The van der Waals surface area contributed by atoms with E-state index < -0.39 is 0 Å². The highest BCUT2D eigenvalue weighted by Gasteiger charge is 2.30. The lowest BCUT2D eigenvalue weighted by atomic mass is 9.87. The first-order valence-corrected chi connectivity index (χ1v) is 7.85. The van der Waals surface area contributed by atoms with Crippen LogP contribution in [0.5, 0.6) is 0 Å². The molecular formula is C15H15N3O2S. The lowest BCUT2D eigenvalue weighted by Gasteiger charge is -2.24. The second-order valence-electron chi connectivity index (χ2n) is 4.99. The average molecular weight is 301 g/mol. The van der Waals surface area contributed by atoms with Gasteiger partial charge in [0.15, 0.2) is 0 Å². The number of nitrogens with zero attached hydrogens (tertiary/aromatic N) is 1. The Hall–Kier alpha value is -2.08. The molecule has 1 amide bonds. The van der Waals surface area contributed by atoms with Gasteiger partial charge in [-0.3, -0.25) is 9.59 Å². The van der Waals surface area contributed by atoms with Crippen LogP contribution in [0.2, 0.25) is 0 Å². The van der Waals surface area contributed by atoms with E-state index in [0.29, 0.717) is 17.2 Å². The normalized spacial score (nSPS) is 17.2. The van der Waals surface area contributed by atoms with E-state index in [0.717, 1.165) is 10.5 Å². The molecule has 108 valence electrons. The smallest absolute Gasteiger partial charge is 0.256 e. The minimum atomic E-state index is -0.249. The van der Waals surface area contributed by atoms with Crippen LogP contribution in [0.25, 0.3) is 0 Å². The average Bonchev–Trinajstić information content (AvgIpc) is 2.45. The number of anilines is 1. The van der Waals surface area contributed by atoms with Crippen molar-refractivity contribution in [1.29, 1.82) is 0 Å². The Labute approximate surface area is 126 Å². The maximum atomic E-state index is 12.2. The van der Waals surface area contributed by atoms with E-state index in [9.17, 15) is 9.59 Å². The van der Waals surface area contributed by atoms with Gasteiger partial charge in [0.05, 0.1) is 5.56 Å². The lowest BCUT2D eigenvalue weighted by Crippen LogP contribution is -2.31. The first-order chi connectivity index (χ1) is 10.1. The summed E-state index contributed by atoms with van der Waals surface area (Å²) in [5, 5.41) is 2.69. The van der Waals surface area contributed by atoms with Crippen molar-refractivity contribution in [3.63, 3.8) is 0 Å². The summed E-state index contributed by atoms with van der Waals surface area (Å²) in [6.45, 7) is 1.70. The van der Waals surface area contributed by atoms with Gasteiger partial charge in [-0.05, 0) is 30.9 Å². The van der Waals surface area contributed by atoms with Crippen LogP contribution in [0.15, 0.2) is 34.0 Å². The first-order valence-electron chi connectivity index (χ1n) is 6.63. The summed E-state index contributed by atoms with van der Waals surface area (Å²) in [6.07, 6.45) is 2.27. The van der Waals surface area contributed by atoms with Crippen molar-refractivity contribution in [2.24, 2.45) is 0 Å². The number of hydrogen-bond acceptors (Lipinski definition) is 4. The maximum Gasteiger partial charge on any atom is 0.256 e. The summed E-state index contributed by atoms with van der Waals surface area (Å²) in [7, 11) is 0. The van der Waals surface area contributed by atoms with Crippen molar-refractivity contribution in [1.82, 2.24) is 9.97 Å². The van der Waals surface area contributed by atoms with E-state index in [1.165, 1.54) is 0 Å². The highest BCUT2D eigenvalue weighted by Crippen LogP contribution is 2.34. The predicted molar refractivity (Wildman–Crippen MR) is 82.9 cm³/mol. The van der Waals surface area contributed by atoms with E-state index in [-0.39, 0.29) is 23.8 Å². The number of carbonyl (C=O) groups is 1. The van der Waals surface area contributed by atoms with Crippen molar-refractivity contribution in [2.75, 3.05) is 11.6 Å². The molecule has 0 fully saturated rings. The van der Waals surface area contributed by atoms with Gasteiger partial charge in [0, 0.05) is 17.2 Å². The second-order valence-corrected chi connectivity index (χ2v) is 5.87. The Morgan fingerprint density at radius 2 is 1.95 bits per heavy atom. The zero-order valence-electron chi connectivity index (χ0n) is 11.8. The molecule has 0 spiro atoms. The molecule has 0 aliphatic carbocycles. The van der Waals surface area contributed by atoms with Gasteiger partial charge in [0.2, 0.25) is 5.91 Å². The number of fused-ring (bicyclic) bond motifs is 1. The third-order valence-electron chi connectivity index (χ3n) is 3.59. The molecule has 0 saturated heterocycles. The fraction of sp³-hybridized carbons (Fsp3) is 0.267. The topological polar surface area (TPSA) is 74.8 Å². The molecule has 1 atom stereocenters. The van der Waals surface area contributed by atoms with Crippen LogP contribution in [0.1, 0.15) is 29.3 Å². The van der Waals surface area contributed by atoms with Crippen LogP contribution < -0.4 is 10.9 Å². The molecule has 1 aromatic carbocycles. The zero-order valence-corrected chi connectivity index (χ0v) is 12.6. The molecule has 0 unspecified atom stereocenters. The quantitative estimate of drug-likeness (QED) is 0.834. The number of hydrogen-bond donors (Lipinski definition) is 2. The third-order valence-corrected chi connectivity index (χ3v) is 4.33. The number of thioether (sulfide) groups is 1. The monoisotopic (exact) mass is 301 g/mol. The molecule has 1 aliphatic heterocycles. The standard InChI is InChI=1S/C15H15N3O2S/c1-8-16-14-13(15(20)17-8)11(7-12(19)18-14)9-3-5-10(21-2)6-4-9/h3-6,11H,7H2,1-2H3,(H2,16,17,18,19,20)/t11-/m0/s1. The van der Waals surface area contributed by atoms with Gasteiger partial charge in [-0.25, -0.2) is 4.98 Å². The molecule has 0 radical (unpaired) electrons. The minimum Gasteiger partial charge on any atom is -0.310 e. The van der Waals surface area contributed by atoms with E-state index in [1.54, 1.807) is 18.7 Å². The summed E-state index contributed by atoms with van der Waals surface area (Å²) in [6, 6.07) is 7.94. The Morgan fingerprint density at radius 3 is 2.62 bits per heavy atom. The third kappa shape index (κ3) is 2.58. The van der Waals surface area contributed by atoms with Crippen LogP contribution in [0, 0.1) is 6.92 Å². The molecule has 5 nitrogen and oxygen atoms in total. The van der Waals surface area contributed by atoms with Crippen molar-refractivity contribution in [3.05, 3.63) is 51.6 Å². The van der Waals surface area contributed by atoms with Gasteiger partial charge in [-0.1, -0.05) is 12.1 Å². The van der Waals surface area contributed by atoms with Gasteiger partial charge in [0.1, 0.15) is 11.6 Å². The number of rotatable bonds is 2. The number of H-pyrrole nitrogens is 1. The molecule has 1 aliphatic rings. The van der Waals surface area contributed by atoms with Gasteiger partial charge in [-0.15, -0.1) is 11.8 Å². The Balaban J connectivity index is 2.12. The SMILES string of the molecule is CSc1ccc([C@@H]2CC(=O)Nc3nc(C)[nH]c(=O)c32)cc1. The van der Waals surface area contributed by atoms with Gasteiger partial charge in [0.25, 0.3) is 5.56 Å². The number of aryl methyl sites for hydroxylation is 1. The summed E-state index contributed by atoms with van der Waals surface area (Å²) in [5.74, 6) is 0.518. The summed E-state index contributed by atoms with van der Waals surface area (Å²) < 4.78 is 0. The Kier molecular flexibility index (Phi) is 3.55. The lowest BCUT2D eigenvalue weighted by molar-refractivity contribution is -0.116. The predicted octanol–water partition coefficient (Wildman–Crippen LogP) is 2.27. The van der Waals surface area contributed by atoms with Crippen molar-refractivity contribution in [3.8, 4) is 0 Å². The molecule has 0 bridgehead atoms. The molecule has 21 heavy (non-hydrogen) atoms. The van der Waals surface area contributed by atoms with Crippen LogP contribution in [0.4, 0.5) is 5.82 Å². The number of carbonyl (C=O) groups excluding carboxylic acids is 1. The maximum absolute atomic E-state index is 12.2. The van der Waals surface area contributed by atoms with Gasteiger partial charge in [-0.2, -0.15) is 0 Å². The largest absolute Gasteiger partial charge is 0.310 e. The summed E-state index contributed by atoms with van der Waals surface area (Å²) in [5.41, 5.74) is 1.31. The fourth-order valence-corrected chi connectivity index (χ4v) is 3.01. The molecule has 2 N–H and O–H groups in total. The van der Waals surface area contributed by atoms with E-state index >= 15 is 0 Å². The van der Waals surface area contributed by atoms with Gasteiger partial charge >= 0.3 is 0 Å². The molecule has 2 heterocycles. The molecule has 6 heteroatoms. The van der Waals surface area contributed by atoms with Crippen LogP contribution in [-0.2, 0) is 4.79 Å². The first kappa shape index (κ1) is 13.9. The molecule has 3 rings (SSSR count). The van der Waals surface area contributed by atoms with E-state index in [4.69, 9.17) is 0 Å². The number of nitrogens with one attached hydrogen (secondary N) is 2. The van der Waals surface area contributed by atoms with Crippen molar-refractivity contribution >= 4 is 23.5 Å². The van der Waals surface area contributed by atoms with E-state index in [2.05, 4.69) is 15.3 Å². The van der Waals surface area contributed by atoms with Crippen LogP contribution in [0.3, 0.4) is 0 Å². The van der Waals surface area contributed by atoms with Gasteiger partial charge < -0.3 is 10.3 Å².